The molecule has 6 heteroatoms. The Balaban J connectivity index is 1.95. The highest BCUT2D eigenvalue weighted by Crippen LogP contribution is 2.10. The average molecular weight is 261 g/mol. The van der Waals surface area contributed by atoms with Crippen LogP contribution in [0.2, 0.25) is 0 Å². The van der Waals surface area contributed by atoms with Crippen molar-refractivity contribution in [1.29, 1.82) is 0 Å². The molecular weight excluding hydrogens is 245 g/mol. The molecule has 0 atom stereocenters. The molecule has 0 bridgehead atoms. The summed E-state index contributed by atoms with van der Waals surface area (Å²) >= 11 is 0. The highest BCUT2D eigenvalue weighted by Gasteiger charge is 1.99. The summed E-state index contributed by atoms with van der Waals surface area (Å²) < 4.78 is 13.0. The van der Waals surface area contributed by atoms with E-state index in [9.17, 15) is 4.39 Å². The first-order valence-electron chi connectivity index (χ1n) is 6.02. The van der Waals surface area contributed by atoms with E-state index in [4.69, 9.17) is 5.73 Å². The van der Waals surface area contributed by atoms with Crippen molar-refractivity contribution in [1.82, 2.24) is 9.97 Å². The van der Waals surface area contributed by atoms with E-state index >= 15 is 0 Å². The topological polar surface area (TPSA) is 75.9 Å². The summed E-state index contributed by atoms with van der Waals surface area (Å²) in [6, 6.07) is 8.23. The van der Waals surface area contributed by atoms with E-state index in [-0.39, 0.29) is 5.82 Å². The molecular formula is C13H16FN5. The molecule has 4 N–H and O–H groups in total. The van der Waals surface area contributed by atoms with Gasteiger partial charge in [-0.05, 0) is 17.7 Å². The molecule has 0 aliphatic carbocycles. The number of hydrogen-bond acceptors (Lipinski definition) is 5. The van der Waals surface area contributed by atoms with Gasteiger partial charge in [-0.3, -0.25) is 0 Å². The molecule has 0 aliphatic rings. The van der Waals surface area contributed by atoms with Crippen molar-refractivity contribution in [2.24, 2.45) is 5.73 Å². The molecule has 0 saturated heterocycles. The van der Waals surface area contributed by atoms with E-state index in [1.54, 1.807) is 12.1 Å². The highest BCUT2D eigenvalue weighted by molar-refractivity contribution is 5.46. The van der Waals surface area contributed by atoms with Crippen molar-refractivity contribution in [3.05, 3.63) is 48.0 Å². The smallest absolute Gasteiger partial charge is 0.131 e. The molecule has 0 radical (unpaired) electrons. The molecule has 1 heterocycles. The second-order valence-corrected chi connectivity index (χ2v) is 3.99. The summed E-state index contributed by atoms with van der Waals surface area (Å²) in [5.74, 6) is 1.15. The normalized spacial score (nSPS) is 10.2. The molecule has 1 aromatic carbocycles. The van der Waals surface area contributed by atoms with Gasteiger partial charge in [-0.2, -0.15) is 0 Å². The van der Waals surface area contributed by atoms with Gasteiger partial charge >= 0.3 is 0 Å². The Labute approximate surface area is 111 Å². The van der Waals surface area contributed by atoms with Crippen LogP contribution in [0.4, 0.5) is 16.0 Å². The lowest BCUT2D eigenvalue weighted by Gasteiger charge is -2.08. The maximum atomic E-state index is 13.0. The molecule has 1 aromatic heterocycles. The Morgan fingerprint density at radius 1 is 1.11 bits per heavy atom. The molecule has 0 fully saturated rings. The zero-order chi connectivity index (χ0) is 13.5. The van der Waals surface area contributed by atoms with Gasteiger partial charge in [0, 0.05) is 25.7 Å². The molecule has 0 amide bonds. The van der Waals surface area contributed by atoms with E-state index in [1.165, 1.54) is 18.5 Å². The number of nitrogens with one attached hydrogen (secondary N) is 2. The molecule has 5 nitrogen and oxygen atoms in total. The number of rotatable bonds is 6. The highest BCUT2D eigenvalue weighted by atomic mass is 19.1. The molecule has 19 heavy (non-hydrogen) atoms. The van der Waals surface area contributed by atoms with Crippen LogP contribution in [0, 0.1) is 5.82 Å². The summed E-state index contributed by atoms with van der Waals surface area (Å²) in [7, 11) is 0. The van der Waals surface area contributed by atoms with E-state index in [2.05, 4.69) is 20.6 Å². The molecule has 0 spiro atoms. The largest absolute Gasteiger partial charge is 0.369 e. The lowest BCUT2D eigenvalue weighted by atomic mass is 10.2. The lowest BCUT2D eigenvalue weighted by molar-refractivity contribution is 0.626. The van der Waals surface area contributed by atoms with Crippen LogP contribution in [0.5, 0.6) is 0 Å². The first-order valence-corrected chi connectivity index (χ1v) is 6.02. The third-order valence-electron chi connectivity index (χ3n) is 2.48. The Kier molecular flexibility index (Phi) is 4.63. The molecule has 2 rings (SSSR count). The van der Waals surface area contributed by atoms with Crippen LogP contribution in [0.3, 0.4) is 0 Å². The SMILES string of the molecule is NCCNc1cc(NCc2cccc(F)c2)ncn1. The fourth-order valence-electron chi connectivity index (χ4n) is 1.59. The Hall–Kier alpha value is -2.21. The summed E-state index contributed by atoms with van der Waals surface area (Å²) in [4.78, 5) is 8.17. The van der Waals surface area contributed by atoms with Crippen molar-refractivity contribution >= 4 is 11.6 Å². The maximum Gasteiger partial charge on any atom is 0.131 e. The molecule has 0 unspecified atom stereocenters. The zero-order valence-electron chi connectivity index (χ0n) is 10.4. The number of hydrogen-bond donors (Lipinski definition) is 3. The van der Waals surface area contributed by atoms with Crippen molar-refractivity contribution in [3.63, 3.8) is 0 Å². The summed E-state index contributed by atoms with van der Waals surface area (Å²) in [6.45, 7) is 1.70. The second-order valence-electron chi connectivity index (χ2n) is 3.99. The van der Waals surface area contributed by atoms with E-state index < -0.39 is 0 Å². The quantitative estimate of drug-likeness (QED) is 0.736. The van der Waals surface area contributed by atoms with Gasteiger partial charge in [-0.1, -0.05) is 12.1 Å². The lowest BCUT2D eigenvalue weighted by Crippen LogP contribution is -2.14. The summed E-state index contributed by atoms with van der Waals surface area (Å²) in [5.41, 5.74) is 6.26. The summed E-state index contributed by atoms with van der Waals surface area (Å²) in [6.07, 6.45) is 1.47. The second kappa shape index (κ2) is 6.65. The van der Waals surface area contributed by atoms with Crippen LogP contribution in [0.25, 0.3) is 0 Å². The first kappa shape index (κ1) is 13.2. The van der Waals surface area contributed by atoms with Gasteiger partial charge in [0.25, 0.3) is 0 Å². The number of halogens is 1. The average Bonchev–Trinajstić information content (AvgIpc) is 2.43. The maximum absolute atomic E-state index is 13.0. The van der Waals surface area contributed by atoms with E-state index in [0.717, 1.165) is 5.56 Å². The zero-order valence-corrected chi connectivity index (χ0v) is 10.4. The number of nitrogens with zero attached hydrogens (tertiary/aromatic N) is 2. The third kappa shape index (κ3) is 4.18. The Morgan fingerprint density at radius 3 is 2.63 bits per heavy atom. The minimum Gasteiger partial charge on any atom is -0.369 e. The summed E-state index contributed by atoms with van der Waals surface area (Å²) in [5, 5.41) is 6.18. The predicted molar refractivity (Wildman–Crippen MR) is 73.3 cm³/mol. The van der Waals surface area contributed by atoms with Gasteiger partial charge in [-0.15, -0.1) is 0 Å². The Morgan fingerprint density at radius 2 is 1.89 bits per heavy atom. The first-order chi connectivity index (χ1) is 9.28. The van der Waals surface area contributed by atoms with Gasteiger partial charge in [0.05, 0.1) is 0 Å². The molecule has 2 aromatic rings. The van der Waals surface area contributed by atoms with Crippen molar-refractivity contribution in [2.45, 2.75) is 6.54 Å². The van der Waals surface area contributed by atoms with Gasteiger partial charge in [0.15, 0.2) is 0 Å². The van der Waals surface area contributed by atoms with Gasteiger partial charge < -0.3 is 16.4 Å². The van der Waals surface area contributed by atoms with Crippen LogP contribution in [0.15, 0.2) is 36.7 Å². The molecule has 100 valence electrons. The van der Waals surface area contributed by atoms with Crippen molar-refractivity contribution in [3.8, 4) is 0 Å². The van der Waals surface area contributed by atoms with Crippen LogP contribution in [0.1, 0.15) is 5.56 Å². The number of nitrogens with two attached hydrogens (primary N) is 1. The predicted octanol–water partition coefficient (Wildman–Crippen LogP) is 1.60. The van der Waals surface area contributed by atoms with E-state index in [0.29, 0.717) is 31.3 Å². The third-order valence-corrected chi connectivity index (χ3v) is 2.48. The van der Waals surface area contributed by atoms with E-state index in [1.807, 2.05) is 6.07 Å². The number of benzene rings is 1. The fourth-order valence-corrected chi connectivity index (χ4v) is 1.59. The fraction of sp³-hybridized carbons (Fsp3) is 0.231. The monoisotopic (exact) mass is 261 g/mol. The number of aromatic nitrogens is 2. The minimum absolute atomic E-state index is 0.243. The van der Waals surface area contributed by atoms with Crippen LogP contribution < -0.4 is 16.4 Å². The van der Waals surface area contributed by atoms with Crippen LogP contribution >= 0.6 is 0 Å². The molecule has 0 aliphatic heterocycles. The van der Waals surface area contributed by atoms with Crippen molar-refractivity contribution in [2.75, 3.05) is 23.7 Å². The van der Waals surface area contributed by atoms with Gasteiger partial charge in [-0.25, -0.2) is 14.4 Å². The van der Waals surface area contributed by atoms with Gasteiger partial charge in [0.2, 0.25) is 0 Å². The standard InChI is InChI=1S/C13H16FN5/c14-11-3-1-2-10(6-11)8-17-13-7-12(16-5-4-15)18-9-19-13/h1-3,6-7,9H,4-5,8,15H2,(H2,16,17,18,19). The van der Waals surface area contributed by atoms with Crippen LogP contribution in [-0.4, -0.2) is 23.1 Å². The van der Waals surface area contributed by atoms with Crippen LogP contribution in [-0.2, 0) is 6.54 Å². The van der Waals surface area contributed by atoms with Crippen molar-refractivity contribution < 1.29 is 4.39 Å². The Bertz CT molecular complexity index is 532. The minimum atomic E-state index is -0.243. The number of anilines is 2. The molecule has 0 saturated carbocycles. The van der Waals surface area contributed by atoms with Gasteiger partial charge in [0.1, 0.15) is 23.8 Å².